The molecule has 0 aromatic heterocycles. The topological polar surface area (TPSA) is 20.2 Å². The van der Waals surface area contributed by atoms with Gasteiger partial charge in [0.15, 0.2) is 0 Å². The average molecular weight is 284 g/mol. The molecule has 0 aliphatic rings. The first-order valence-corrected chi connectivity index (χ1v) is 7.19. The predicted molar refractivity (Wildman–Crippen MR) is 91.5 cm³/mol. The van der Waals surface area contributed by atoms with Crippen molar-refractivity contribution in [3.63, 3.8) is 0 Å². The zero-order chi connectivity index (χ0) is 15.2. The fourth-order valence-electron chi connectivity index (χ4n) is 2.27. The fraction of sp³-hybridized carbons (Fsp3) is 0. The summed E-state index contributed by atoms with van der Waals surface area (Å²) >= 11 is 0. The van der Waals surface area contributed by atoms with Crippen LogP contribution < -0.4 is 0 Å². The molecule has 106 valence electrons. The van der Waals surface area contributed by atoms with Crippen LogP contribution in [-0.4, -0.2) is 5.11 Å². The molecular formula is C21H16O. The van der Waals surface area contributed by atoms with Crippen LogP contribution in [0.2, 0.25) is 0 Å². The van der Waals surface area contributed by atoms with Crippen molar-refractivity contribution in [3.05, 3.63) is 107 Å². The van der Waals surface area contributed by atoms with E-state index in [0.717, 1.165) is 22.3 Å². The molecule has 0 bridgehead atoms. The molecule has 0 aliphatic heterocycles. The highest BCUT2D eigenvalue weighted by atomic mass is 16.3. The number of aromatic hydroxyl groups is 1. The molecule has 0 aliphatic carbocycles. The van der Waals surface area contributed by atoms with Gasteiger partial charge in [-0.1, -0.05) is 72.8 Å². The number of rotatable bonds is 3. The Morgan fingerprint density at radius 1 is 0.682 bits per heavy atom. The number of benzene rings is 3. The molecule has 1 nitrogen and oxygen atoms in total. The van der Waals surface area contributed by atoms with Crippen molar-refractivity contribution in [1.29, 1.82) is 0 Å². The molecule has 3 aromatic rings. The zero-order valence-electron chi connectivity index (χ0n) is 12.1. The third-order valence-electron chi connectivity index (χ3n) is 3.40. The van der Waals surface area contributed by atoms with Crippen LogP contribution in [0.3, 0.4) is 0 Å². The summed E-state index contributed by atoms with van der Waals surface area (Å²) < 4.78 is 0. The fourth-order valence-corrected chi connectivity index (χ4v) is 2.27. The highest BCUT2D eigenvalue weighted by Gasteiger charge is 2.02. The maximum absolute atomic E-state index is 9.35. The van der Waals surface area contributed by atoms with Gasteiger partial charge in [-0.3, -0.25) is 0 Å². The molecule has 3 rings (SSSR count). The molecule has 0 saturated heterocycles. The van der Waals surface area contributed by atoms with E-state index in [1.807, 2.05) is 54.6 Å². The zero-order valence-corrected chi connectivity index (χ0v) is 12.1. The van der Waals surface area contributed by atoms with Gasteiger partial charge in [0.25, 0.3) is 0 Å². The van der Waals surface area contributed by atoms with Crippen molar-refractivity contribution in [1.82, 2.24) is 0 Å². The molecule has 0 unspecified atom stereocenters. The van der Waals surface area contributed by atoms with Crippen LogP contribution in [0, 0.1) is 0 Å². The maximum Gasteiger partial charge on any atom is 0.115 e. The van der Waals surface area contributed by atoms with Gasteiger partial charge in [-0.25, -0.2) is 0 Å². The molecule has 22 heavy (non-hydrogen) atoms. The van der Waals surface area contributed by atoms with E-state index in [2.05, 4.69) is 30.0 Å². The maximum atomic E-state index is 9.35. The highest BCUT2D eigenvalue weighted by Crippen LogP contribution is 2.22. The normalized spacial score (nSPS) is 9.82. The van der Waals surface area contributed by atoms with Crippen LogP contribution in [-0.2, 0) is 0 Å². The van der Waals surface area contributed by atoms with Crippen LogP contribution in [0.1, 0.15) is 16.7 Å². The lowest BCUT2D eigenvalue weighted by Gasteiger charge is -2.05. The monoisotopic (exact) mass is 284 g/mol. The van der Waals surface area contributed by atoms with E-state index in [-0.39, 0.29) is 5.75 Å². The number of hydrogen-bond donors (Lipinski definition) is 1. The van der Waals surface area contributed by atoms with Crippen molar-refractivity contribution in [2.45, 2.75) is 0 Å². The Bertz CT molecular complexity index is 752. The number of phenolic OH excluding ortho intramolecular Hbond substituents is 1. The molecule has 0 radical (unpaired) electrons. The Morgan fingerprint density at radius 3 is 1.68 bits per heavy atom. The van der Waals surface area contributed by atoms with E-state index in [9.17, 15) is 5.11 Å². The van der Waals surface area contributed by atoms with Crippen LogP contribution in [0.25, 0.3) is 11.6 Å². The summed E-state index contributed by atoms with van der Waals surface area (Å²) in [6.45, 7) is 0. The third-order valence-corrected chi connectivity index (χ3v) is 3.40. The van der Waals surface area contributed by atoms with Gasteiger partial charge in [0, 0.05) is 5.57 Å². The Balaban J connectivity index is 2.09. The van der Waals surface area contributed by atoms with Gasteiger partial charge >= 0.3 is 0 Å². The molecule has 0 fully saturated rings. The minimum absolute atomic E-state index is 0.271. The summed E-state index contributed by atoms with van der Waals surface area (Å²) in [4.78, 5) is 0. The van der Waals surface area contributed by atoms with E-state index in [1.165, 1.54) is 0 Å². The summed E-state index contributed by atoms with van der Waals surface area (Å²) in [5.41, 5.74) is 7.71. The Labute approximate surface area is 130 Å². The molecule has 0 amide bonds. The second-order valence-corrected chi connectivity index (χ2v) is 4.99. The first-order chi connectivity index (χ1) is 10.8. The highest BCUT2D eigenvalue weighted by molar-refractivity contribution is 5.81. The second-order valence-electron chi connectivity index (χ2n) is 4.99. The lowest BCUT2D eigenvalue weighted by atomic mass is 9.98. The van der Waals surface area contributed by atoms with Gasteiger partial charge in [0.2, 0.25) is 0 Å². The largest absolute Gasteiger partial charge is 0.508 e. The molecule has 0 atom stereocenters. The first kappa shape index (κ1) is 13.9. The van der Waals surface area contributed by atoms with Crippen molar-refractivity contribution in [3.8, 4) is 5.75 Å². The molecule has 1 N–H and O–H groups in total. The summed E-state index contributed by atoms with van der Waals surface area (Å²) in [7, 11) is 0. The number of hydrogen-bond acceptors (Lipinski definition) is 1. The third kappa shape index (κ3) is 3.35. The summed E-state index contributed by atoms with van der Waals surface area (Å²) in [5.74, 6) is 0.271. The smallest absolute Gasteiger partial charge is 0.115 e. The van der Waals surface area contributed by atoms with E-state index in [0.29, 0.717) is 0 Å². The van der Waals surface area contributed by atoms with Crippen molar-refractivity contribution in [2.75, 3.05) is 0 Å². The lowest BCUT2D eigenvalue weighted by Crippen LogP contribution is -1.85. The SMILES string of the molecule is Oc1ccc(C=C=C(c2ccccc2)c2ccccc2)cc1. The second kappa shape index (κ2) is 6.62. The van der Waals surface area contributed by atoms with Gasteiger partial charge in [0.1, 0.15) is 5.75 Å². The molecule has 1 heteroatoms. The van der Waals surface area contributed by atoms with Crippen LogP contribution in [0.4, 0.5) is 0 Å². The van der Waals surface area contributed by atoms with Crippen molar-refractivity contribution >= 4 is 11.6 Å². The van der Waals surface area contributed by atoms with Crippen LogP contribution in [0.5, 0.6) is 5.75 Å². The number of phenols is 1. The summed E-state index contributed by atoms with van der Waals surface area (Å²) in [6, 6.07) is 27.6. The molecule has 0 spiro atoms. The molecule has 0 heterocycles. The van der Waals surface area contributed by atoms with Gasteiger partial charge in [-0.15, -0.1) is 5.73 Å². The minimum Gasteiger partial charge on any atom is -0.508 e. The molecule has 3 aromatic carbocycles. The van der Waals surface area contributed by atoms with E-state index in [1.54, 1.807) is 12.1 Å². The molecular weight excluding hydrogens is 268 g/mol. The van der Waals surface area contributed by atoms with E-state index >= 15 is 0 Å². The van der Waals surface area contributed by atoms with Gasteiger partial charge in [-0.2, -0.15) is 0 Å². The van der Waals surface area contributed by atoms with Gasteiger partial charge in [0.05, 0.1) is 0 Å². The van der Waals surface area contributed by atoms with E-state index < -0.39 is 0 Å². The minimum atomic E-state index is 0.271. The lowest BCUT2D eigenvalue weighted by molar-refractivity contribution is 0.475. The predicted octanol–water partition coefficient (Wildman–Crippen LogP) is 5.14. The van der Waals surface area contributed by atoms with Crippen LogP contribution in [0.15, 0.2) is 90.7 Å². The Hall–Kier alpha value is -3.02. The Morgan fingerprint density at radius 2 is 1.18 bits per heavy atom. The first-order valence-electron chi connectivity index (χ1n) is 7.19. The van der Waals surface area contributed by atoms with Crippen molar-refractivity contribution < 1.29 is 5.11 Å². The van der Waals surface area contributed by atoms with Crippen molar-refractivity contribution in [2.24, 2.45) is 0 Å². The summed E-state index contributed by atoms with van der Waals surface area (Å²) in [5, 5.41) is 9.35. The van der Waals surface area contributed by atoms with Crippen LogP contribution >= 0.6 is 0 Å². The standard InChI is InChI=1S/C21H16O/c22-20-14-11-17(12-15-20)13-16-21(18-7-3-1-4-8-18)19-9-5-2-6-10-19/h1-15,22H. The summed E-state index contributed by atoms with van der Waals surface area (Å²) in [6.07, 6.45) is 1.94. The average Bonchev–Trinajstić information content (AvgIpc) is 2.59. The van der Waals surface area contributed by atoms with E-state index in [4.69, 9.17) is 0 Å². The Kier molecular flexibility index (Phi) is 4.20. The van der Waals surface area contributed by atoms with Gasteiger partial charge < -0.3 is 5.11 Å². The van der Waals surface area contributed by atoms with Gasteiger partial charge in [-0.05, 0) is 34.9 Å². The molecule has 0 saturated carbocycles. The quantitative estimate of drug-likeness (QED) is 0.660.